The fourth-order valence-electron chi connectivity index (χ4n) is 1.69. The molecule has 0 amide bonds. The van der Waals surface area contributed by atoms with Crippen LogP contribution in [0.25, 0.3) is 5.69 Å². The summed E-state index contributed by atoms with van der Waals surface area (Å²) in [5, 5.41) is 2.42. The number of benzene rings is 1. The Morgan fingerprint density at radius 2 is 1.76 bits per heavy atom. The van der Waals surface area contributed by atoms with Gasteiger partial charge in [0.2, 0.25) is 0 Å². The second-order valence-electron chi connectivity index (χ2n) is 4.15. The summed E-state index contributed by atoms with van der Waals surface area (Å²) in [6.45, 7) is 0. The van der Waals surface area contributed by atoms with Crippen LogP contribution < -0.4 is 5.56 Å². The van der Waals surface area contributed by atoms with Crippen LogP contribution in [0.1, 0.15) is 5.69 Å². The quantitative estimate of drug-likeness (QED) is 0.656. The second-order valence-corrected chi connectivity index (χ2v) is 7.03. The molecular formula is C10H10N2O7S2. The van der Waals surface area contributed by atoms with Crippen LogP contribution in [0.4, 0.5) is 0 Å². The lowest BCUT2D eigenvalue weighted by Crippen LogP contribution is -2.14. The number of aromatic amines is 1. The number of nitrogens with zero attached hydrogens (tertiary/aromatic N) is 1. The van der Waals surface area contributed by atoms with Crippen molar-refractivity contribution in [1.29, 1.82) is 0 Å². The highest BCUT2D eigenvalue weighted by atomic mass is 32.2. The smallest absolute Gasteiger partial charge is 0.294 e. The van der Waals surface area contributed by atoms with Crippen molar-refractivity contribution >= 4 is 20.2 Å². The van der Waals surface area contributed by atoms with Crippen molar-refractivity contribution in [3.63, 3.8) is 0 Å². The van der Waals surface area contributed by atoms with Crippen LogP contribution in [-0.2, 0) is 26.0 Å². The predicted molar refractivity (Wildman–Crippen MR) is 71.5 cm³/mol. The van der Waals surface area contributed by atoms with Gasteiger partial charge in [-0.2, -0.15) is 16.8 Å². The Kier molecular flexibility index (Phi) is 3.76. The highest BCUT2D eigenvalue weighted by Gasteiger charge is 2.14. The molecule has 0 unspecified atom stereocenters. The summed E-state index contributed by atoms with van der Waals surface area (Å²) in [4.78, 5) is 11.3. The highest BCUT2D eigenvalue weighted by Crippen LogP contribution is 2.13. The molecule has 0 bridgehead atoms. The second kappa shape index (κ2) is 5.11. The van der Waals surface area contributed by atoms with Crippen LogP contribution in [-0.4, -0.2) is 35.7 Å². The van der Waals surface area contributed by atoms with E-state index in [1.54, 1.807) is 0 Å². The van der Waals surface area contributed by atoms with Crippen molar-refractivity contribution in [3.05, 3.63) is 46.4 Å². The first-order valence-electron chi connectivity index (χ1n) is 5.40. The van der Waals surface area contributed by atoms with Gasteiger partial charge in [-0.1, -0.05) is 6.07 Å². The molecule has 0 saturated heterocycles. The van der Waals surface area contributed by atoms with Crippen LogP contribution in [0.15, 0.2) is 40.0 Å². The van der Waals surface area contributed by atoms with Gasteiger partial charge in [-0.3, -0.25) is 19.0 Å². The average molecular weight is 334 g/mol. The minimum atomic E-state index is -4.43. The molecule has 11 heteroatoms. The van der Waals surface area contributed by atoms with Crippen LogP contribution in [0.3, 0.4) is 0 Å². The molecule has 2 aromatic rings. The van der Waals surface area contributed by atoms with Gasteiger partial charge in [0, 0.05) is 6.07 Å². The van der Waals surface area contributed by atoms with Gasteiger partial charge >= 0.3 is 0 Å². The Morgan fingerprint density at radius 3 is 2.33 bits per heavy atom. The van der Waals surface area contributed by atoms with E-state index in [4.69, 9.17) is 9.11 Å². The minimum Gasteiger partial charge on any atom is -0.294 e. The van der Waals surface area contributed by atoms with Crippen LogP contribution >= 0.6 is 0 Å². The molecule has 0 fully saturated rings. The third-order valence-electron chi connectivity index (χ3n) is 2.49. The molecule has 0 aliphatic heterocycles. The Hall–Kier alpha value is -1.95. The number of aromatic nitrogens is 2. The Morgan fingerprint density at radius 1 is 1.10 bits per heavy atom. The van der Waals surface area contributed by atoms with E-state index in [1.165, 1.54) is 12.1 Å². The van der Waals surface area contributed by atoms with Crippen LogP contribution in [0.2, 0.25) is 0 Å². The maximum Gasteiger partial charge on any atom is 0.294 e. The summed E-state index contributed by atoms with van der Waals surface area (Å²) in [5.74, 6) is -0.784. The lowest BCUT2D eigenvalue weighted by molar-refractivity contribution is 0.480. The van der Waals surface area contributed by atoms with Gasteiger partial charge in [0.1, 0.15) is 5.75 Å². The van der Waals surface area contributed by atoms with Gasteiger partial charge in [-0.25, -0.2) is 4.68 Å². The first-order valence-corrected chi connectivity index (χ1v) is 8.45. The molecule has 0 spiro atoms. The van der Waals surface area contributed by atoms with Gasteiger partial charge in [-0.15, -0.1) is 0 Å². The molecule has 0 radical (unpaired) electrons. The van der Waals surface area contributed by atoms with E-state index in [1.807, 2.05) is 0 Å². The standard InChI is InChI=1S/C10H10N2O7S2/c13-10-4-7(6-20(14,15)16)11-12(10)8-2-1-3-9(5-8)21(17,18)19/h1-5,11H,6H2,(H,14,15,16)(H,17,18,19). The molecule has 9 nitrogen and oxygen atoms in total. The van der Waals surface area contributed by atoms with Crippen molar-refractivity contribution in [2.45, 2.75) is 10.6 Å². The number of hydrogen-bond acceptors (Lipinski definition) is 5. The minimum absolute atomic E-state index is 0.0697. The fraction of sp³-hybridized carbons (Fsp3) is 0.100. The molecule has 114 valence electrons. The van der Waals surface area contributed by atoms with E-state index in [-0.39, 0.29) is 11.4 Å². The predicted octanol–water partition coefficient (Wildman–Crippen LogP) is -0.200. The van der Waals surface area contributed by atoms with E-state index in [2.05, 4.69) is 5.10 Å². The summed E-state index contributed by atoms with van der Waals surface area (Å²) < 4.78 is 62.1. The maximum absolute atomic E-state index is 11.7. The van der Waals surface area contributed by atoms with E-state index >= 15 is 0 Å². The summed E-state index contributed by atoms with van der Waals surface area (Å²) in [7, 11) is -8.75. The van der Waals surface area contributed by atoms with Gasteiger partial charge in [0.25, 0.3) is 25.8 Å². The van der Waals surface area contributed by atoms with E-state index in [0.29, 0.717) is 0 Å². The largest absolute Gasteiger partial charge is 0.294 e. The zero-order chi connectivity index (χ0) is 15.8. The number of H-pyrrole nitrogens is 1. The number of rotatable bonds is 4. The third-order valence-corrected chi connectivity index (χ3v) is 4.01. The molecule has 1 heterocycles. The van der Waals surface area contributed by atoms with Gasteiger partial charge in [0.15, 0.2) is 0 Å². The monoisotopic (exact) mass is 334 g/mol. The van der Waals surface area contributed by atoms with E-state index < -0.39 is 36.4 Å². The normalized spacial score (nSPS) is 12.5. The van der Waals surface area contributed by atoms with E-state index in [0.717, 1.165) is 22.9 Å². The molecule has 1 aromatic carbocycles. The molecule has 21 heavy (non-hydrogen) atoms. The molecule has 0 aliphatic carbocycles. The third kappa shape index (κ3) is 3.78. The summed E-state index contributed by atoms with van der Waals surface area (Å²) in [5.41, 5.74) is -0.641. The Balaban J connectivity index is 2.51. The van der Waals surface area contributed by atoms with Crippen LogP contribution in [0.5, 0.6) is 0 Å². The first kappa shape index (κ1) is 15.4. The van der Waals surface area contributed by atoms with Crippen molar-refractivity contribution in [1.82, 2.24) is 9.78 Å². The van der Waals surface area contributed by atoms with Crippen molar-refractivity contribution in [2.24, 2.45) is 0 Å². The Labute approximate surface area is 119 Å². The zero-order valence-corrected chi connectivity index (χ0v) is 11.9. The molecule has 0 aliphatic rings. The summed E-state index contributed by atoms with van der Waals surface area (Å²) in [6.07, 6.45) is 0. The van der Waals surface area contributed by atoms with Gasteiger partial charge in [0.05, 0.1) is 16.3 Å². The number of nitrogens with one attached hydrogen (secondary N) is 1. The number of hydrogen-bond donors (Lipinski definition) is 3. The topological polar surface area (TPSA) is 147 Å². The lowest BCUT2D eigenvalue weighted by atomic mass is 10.3. The van der Waals surface area contributed by atoms with Crippen molar-refractivity contribution < 1.29 is 25.9 Å². The highest BCUT2D eigenvalue weighted by molar-refractivity contribution is 7.85. The zero-order valence-electron chi connectivity index (χ0n) is 10.3. The molecule has 3 N–H and O–H groups in total. The van der Waals surface area contributed by atoms with Crippen molar-refractivity contribution in [3.8, 4) is 5.69 Å². The SMILES string of the molecule is O=c1cc(CS(=O)(=O)O)[nH]n1-c1cccc(S(=O)(=O)O)c1. The lowest BCUT2D eigenvalue weighted by Gasteiger charge is -2.04. The summed E-state index contributed by atoms with van der Waals surface area (Å²) >= 11 is 0. The molecule has 0 atom stereocenters. The summed E-state index contributed by atoms with van der Waals surface area (Å²) in [6, 6.07) is 5.79. The maximum atomic E-state index is 11.7. The molecule has 2 rings (SSSR count). The first-order chi connectivity index (χ1) is 9.56. The fourth-order valence-corrected chi connectivity index (χ4v) is 2.75. The van der Waals surface area contributed by atoms with Crippen molar-refractivity contribution in [2.75, 3.05) is 0 Å². The van der Waals surface area contributed by atoms with Gasteiger partial charge in [-0.05, 0) is 18.2 Å². The average Bonchev–Trinajstić information content (AvgIpc) is 2.67. The molecular weight excluding hydrogens is 324 g/mol. The molecule has 1 aromatic heterocycles. The van der Waals surface area contributed by atoms with Crippen LogP contribution in [0, 0.1) is 0 Å². The molecule has 0 saturated carbocycles. The Bertz CT molecular complexity index is 938. The van der Waals surface area contributed by atoms with E-state index in [9.17, 15) is 21.6 Å². The van der Waals surface area contributed by atoms with Gasteiger partial charge < -0.3 is 0 Å².